The summed E-state index contributed by atoms with van der Waals surface area (Å²) in [5, 5.41) is 13.4. The number of nitrogens with zero attached hydrogens (tertiary/aromatic N) is 5. The van der Waals surface area contributed by atoms with Crippen molar-refractivity contribution in [3.63, 3.8) is 0 Å². The first-order valence-electron chi connectivity index (χ1n) is 10.8. The molecule has 0 aromatic carbocycles. The molecule has 4 heterocycles. The van der Waals surface area contributed by atoms with Crippen LogP contribution in [0, 0.1) is 5.41 Å². The number of hydrogen-bond donors (Lipinski definition) is 2. The monoisotopic (exact) mass is 432 g/mol. The molecule has 3 aromatic rings. The molecule has 0 spiro atoms. The van der Waals surface area contributed by atoms with Crippen molar-refractivity contribution in [1.29, 1.82) is 0 Å². The first-order valence-corrected chi connectivity index (χ1v) is 10.8. The molecule has 8 nitrogen and oxygen atoms in total. The molecule has 166 valence electrons. The maximum absolute atomic E-state index is 12.1. The van der Waals surface area contributed by atoms with E-state index in [0.717, 1.165) is 28.9 Å². The van der Waals surface area contributed by atoms with E-state index in [2.05, 4.69) is 36.1 Å². The van der Waals surface area contributed by atoms with Gasteiger partial charge in [0.2, 0.25) is 0 Å². The number of amides is 1. The summed E-state index contributed by atoms with van der Waals surface area (Å²) in [5.41, 5.74) is 3.29. The van der Waals surface area contributed by atoms with E-state index >= 15 is 0 Å². The Morgan fingerprint density at radius 1 is 1.16 bits per heavy atom. The minimum Gasteiger partial charge on any atom is -0.465 e. The van der Waals surface area contributed by atoms with Crippen molar-refractivity contribution in [3.05, 3.63) is 65.9 Å². The molecule has 1 aliphatic rings. The van der Waals surface area contributed by atoms with Gasteiger partial charge in [0, 0.05) is 61.3 Å². The fourth-order valence-electron chi connectivity index (χ4n) is 4.23. The van der Waals surface area contributed by atoms with Crippen molar-refractivity contribution in [2.45, 2.75) is 39.7 Å². The summed E-state index contributed by atoms with van der Waals surface area (Å²) >= 11 is 0. The summed E-state index contributed by atoms with van der Waals surface area (Å²) in [6.45, 7) is 7.19. The van der Waals surface area contributed by atoms with Crippen LogP contribution in [0.5, 0.6) is 0 Å². The van der Waals surface area contributed by atoms with Crippen molar-refractivity contribution >= 4 is 11.9 Å². The highest BCUT2D eigenvalue weighted by Crippen LogP contribution is 2.45. The van der Waals surface area contributed by atoms with Crippen LogP contribution in [0.3, 0.4) is 0 Å². The van der Waals surface area contributed by atoms with Gasteiger partial charge < -0.3 is 15.3 Å². The summed E-state index contributed by atoms with van der Waals surface area (Å²) in [4.78, 5) is 31.8. The lowest BCUT2D eigenvalue weighted by Gasteiger charge is -2.43. The van der Waals surface area contributed by atoms with Gasteiger partial charge in [0.1, 0.15) is 5.82 Å². The second-order valence-corrected chi connectivity index (χ2v) is 8.98. The van der Waals surface area contributed by atoms with Gasteiger partial charge in [0.05, 0.1) is 11.7 Å². The van der Waals surface area contributed by atoms with Gasteiger partial charge in [-0.1, -0.05) is 26.8 Å². The Kier molecular flexibility index (Phi) is 6.03. The summed E-state index contributed by atoms with van der Waals surface area (Å²) in [5.74, 6) is 1.30. The van der Waals surface area contributed by atoms with Crippen LogP contribution in [-0.4, -0.2) is 49.1 Å². The number of aromatic nitrogens is 4. The van der Waals surface area contributed by atoms with Crippen LogP contribution >= 0.6 is 0 Å². The first-order chi connectivity index (χ1) is 15.3. The number of anilines is 1. The first kappa shape index (κ1) is 21.7. The van der Waals surface area contributed by atoms with Crippen LogP contribution in [0.1, 0.15) is 43.8 Å². The molecular formula is C24H28N6O2. The molecule has 0 saturated carbocycles. The molecule has 4 rings (SSSR count). The van der Waals surface area contributed by atoms with Crippen molar-refractivity contribution in [1.82, 2.24) is 24.8 Å². The van der Waals surface area contributed by atoms with Gasteiger partial charge in [-0.05, 0) is 29.7 Å². The molecule has 0 radical (unpaired) electrons. The molecule has 32 heavy (non-hydrogen) atoms. The summed E-state index contributed by atoms with van der Waals surface area (Å²) in [6, 6.07) is 9.26. The zero-order valence-electron chi connectivity index (χ0n) is 18.6. The highest BCUT2D eigenvalue weighted by atomic mass is 16.4. The maximum Gasteiger partial charge on any atom is 0.407 e. The third kappa shape index (κ3) is 4.54. The number of hydrogen-bond acceptors (Lipinski definition) is 6. The Labute approximate surface area is 187 Å². The van der Waals surface area contributed by atoms with Gasteiger partial charge in [-0.25, -0.2) is 14.8 Å². The van der Waals surface area contributed by atoms with E-state index < -0.39 is 6.09 Å². The molecule has 2 N–H and O–H groups in total. The molecule has 1 amide bonds. The summed E-state index contributed by atoms with van der Waals surface area (Å²) in [7, 11) is 0. The lowest BCUT2D eigenvalue weighted by Crippen LogP contribution is -2.45. The second kappa shape index (κ2) is 8.90. The van der Waals surface area contributed by atoms with Gasteiger partial charge in [-0.3, -0.25) is 9.97 Å². The van der Waals surface area contributed by atoms with Crippen molar-refractivity contribution in [3.8, 4) is 11.4 Å². The van der Waals surface area contributed by atoms with E-state index in [1.807, 2.05) is 30.3 Å². The Morgan fingerprint density at radius 3 is 2.59 bits per heavy atom. The van der Waals surface area contributed by atoms with E-state index in [-0.39, 0.29) is 11.5 Å². The topological polar surface area (TPSA) is 104 Å². The quantitative estimate of drug-likeness (QED) is 0.622. The lowest BCUT2D eigenvalue weighted by molar-refractivity contribution is 0.0754. The molecule has 1 atom stereocenters. The lowest BCUT2D eigenvalue weighted by atomic mass is 9.78. The average molecular weight is 433 g/mol. The fourth-order valence-corrected chi connectivity index (χ4v) is 4.23. The van der Waals surface area contributed by atoms with Crippen molar-refractivity contribution < 1.29 is 9.90 Å². The van der Waals surface area contributed by atoms with Crippen LogP contribution in [-0.2, 0) is 12.8 Å². The Bertz CT molecular complexity index is 1080. The molecule has 0 saturated heterocycles. The van der Waals surface area contributed by atoms with Crippen LogP contribution in [0.2, 0.25) is 0 Å². The number of carboxylic acid groups (broad SMARTS) is 1. The molecule has 8 heteroatoms. The van der Waals surface area contributed by atoms with E-state index in [1.54, 1.807) is 18.6 Å². The largest absolute Gasteiger partial charge is 0.465 e. The van der Waals surface area contributed by atoms with Crippen LogP contribution < -0.4 is 5.32 Å². The Morgan fingerprint density at radius 2 is 1.94 bits per heavy atom. The van der Waals surface area contributed by atoms with Gasteiger partial charge in [0.25, 0.3) is 0 Å². The Balaban J connectivity index is 1.76. The van der Waals surface area contributed by atoms with E-state index in [9.17, 15) is 9.90 Å². The van der Waals surface area contributed by atoms with E-state index in [0.29, 0.717) is 31.2 Å². The van der Waals surface area contributed by atoms with E-state index in [1.165, 1.54) is 4.90 Å². The number of carbonyl (C=O) groups is 1. The number of rotatable bonds is 5. The third-order valence-corrected chi connectivity index (χ3v) is 5.60. The molecule has 3 aromatic heterocycles. The second-order valence-electron chi connectivity index (χ2n) is 8.98. The number of nitrogens with one attached hydrogen (secondary N) is 1. The predicted molar refractivity (Wildman–Crippen MR) is 122 cm³/mol. The van der Waals surface area contributed by atoms with Crippen LogP contribution in [0.4, 0.5) is 10.6 Å². The fraction of sp³-hybridized carbons (Fsp3) is 0.375. The van der Waals surface area contributed by atoms with Gasteiger partial charge in [-0.2, -0.15) is 0 Å². The minimum absolute atomic E-state index is 0.327. The zero-order valence-corrected chi connectivity index (χ0v) is 18.6. The molecule has 1 unspecified atom stereocenters. The van der Waals surface area contributed by atoms with Gasteiger partial charge in [0.15, 0.2) is 5.82 Å². The van der Waals surface area contributed by atoms with Gasteiger partial charge >= 0.3 is 6.09 Å². The Hall–Kier alpha value is -3.55. The number of fused-ring (bicyclic) bond motifs is 1. The van der Waals surface area contributed by atoms with Crippen LogP contribution in [0.15, 0.2) is 48.9 Å². The van der Waals surface area contributed by atoms with Gasteiger partial charge in [-0.15, -0.1) is 0 Å². The molecule has 0 fully saturated rings. The summed E-state index contributed by atoms with van der Waals surface area (Å²) in [6.07, 6.45) is 5.57. The normalized spacial score (nSPS) is 15.8. The molecule has 1 aliphatic heterocycles. The molecular weight excluding hydrogens is 404 g/mol. The predicted octanol–water partition coefficient (Wildman–Crippen LogP) is 4.21. The minimum atomic E-state index is -0.923. The third-order valence-electron chi connectivity index (χ3n) is 5.60. The van der Waals surface area contributed by atoms with E-state index in [4.69, 9.17) is 9.97 Å². The summed E-state index contributed by atoms with van der Waals surface area (Å²) < 4.78 is 0. The average Bonchev–Trinajstić information content (AvgIpc) is 2.78. The highest BCUT2D eigenvalue weighted by molar-refractivity contribution is 5.69. The van der Waals surface area contributed by atoms with Crippen molar-refractivity contribution in [2.24, 2.45) is 5.41 Å². The smallest absolute Gasteiger partial charge is 0.407 e. The molecule has 0 bridgehead atoms. The van der Waals surface area contributed by atoms with Crippen molar-refractivity contribution in [2.75, 3.05) is 18.4 Å². The van der Waals surface area contributed by atoms with Crippen LogP contribution in [0.25, 0.3) is 11.4 Å². The molecule has 0 aliphatic carbocycles. The highest BCUT2D eigenvalue weighted by Gasteiger charge is 2.41. The maximum atomic E-state index is 12.1. The number of pyridine rings is 2. The zero-order chi connectivity index (χ0) is 22.7. The SMILES string of the molecule is CC(C)(C)C1c2c(nc(-c3ccncc3)nc2NCCc2ccccn2)CCN1C(=O)O. The standard InChI is InChI=1S/C24H28N6O2/c1-24(2,3)20-19-18(10-15-30(20)23(31)32)28-21(16-7-12-25-13-8-16)29-22(19)27-14-9-17-6-4-5-11-26-17/h4-8,11-13,20H,9-10,14-15H2,1-3H3,(H,31,32)(H,27,28,29).